The topological polar surface area (TPSA) is 49.4 Å². The van der Waals surface area contributed by atoms with Crippen molar-refractivity contribution in [1.82, 2.24) is 10.2 Å². The highest BCUT2D eigenvalue weighted by molar-refractivity contribution is 6.31. The van der Waals surface area contributed by atoms with Crippen LogP contribution in [-0.4, -0.2) is 28.8 Å². The molecule has 2 amide bonds. The number of halogens is 3. The molecule has 0 aromatic heterocycles. The van der Waals surface area contributed by atoms with Gasteiger partial charge in [0.2, 0.25) is 11.8 Å². The number of nitrogens with zero attached hydrogens (tertiary/aromatic N) is 1. The van der Waals surface area contributed by atoms with Crippen LogP contribution in [0.25, 0.3) is 0 Å². The number of amides is 2. The van der Waals surface area contributed by atoms with Gasteiger partial charge in [-0.3, -0.25) is 9.59 Å². The van der Waals surface area contributed by atoms with E-state index >= 15 is 0 Å². The van der Waals surface area contributed by atoms with Crippen LogP contribution >= 0.6 is 11.6 Å². The number of hydrogen-bond donors (Lipinski definition) is 1. The van der Waals surface area contributed by atoms with Crippen LogP contribution < -0.4 is 5.32 Å². The molecule has 0 bridgehead atoms. The van der Waals surface area contributed by atoms with E-state index in [-0.39, 0.29) is 35.5 Å². The first-order valence-corrected chi connectivity index (χ1v) is 10.4. The minimum atomic E-state index is -0.748. The lowest BCUT2D eigenvalue weighted by Gasteiger charge is -2.31. The van der Waals surface area contributed by atoms with Crippen molar-refractivity contribution in [2.75, 3.05) is 0 Å². The van der Waals surface area contributed by atoms with E-state index in [9.17, 15) is 18.4 Å². The van der Waals surface area contributed by atoms with E-state index in [0.29, 0.717) is 12.0 Å². The Morgan fingerprint density at radius 3 is 2.30 bits per heavy atom. The molecule has 4 nitrogen and oxygen atoms in total. The van der Waals surface area contributed by atoms with Crippen molar-refractivity contribution >= 4 is 23.4 Å². The third-order valence-electron chi connectivity index (χ3n) is 5.04. The van der Waals surface area contributed by atoms with Crippen molar-refractivity contribution in [1.29, 1.82) is 0 Å². The van der Waals surface area contributed by atoms with Crippen LogP contribution in [0.2, 0.25) is 5.02 Å². The van der Waals surface area contributed by atoms with Gasteiger partial charge in [-0.1, -0.05) is 43.6 Å². The number of carbonyl (C=O) groups excluding carboxylic acids is 2. The predicted octanol–water partition coefficient (Wildman–Crippen LogP) is 4.88. The first-order chi connectivity index (χ1) is 14.3. The van der Waals surface area contributed by atoms with E-state index in [0.717, 1.165) is 6.42 Å². The SMILES string of the molecule is CC[C@H](C)NC(=O)[C@H](CC)N(Cc1ccc(F)cc1)C(=O)Cc1c(F)cccc1Cl. The summed E-state index contributed by atoms with van der Waals surface area (Å²) in [6.45, 7) is 5.74. The largest absolute Gasteiger partial charge is 0.352 e. The molecule has 0 aliphatic rings. The molecule has 2 atom stereocenters. The van der Waals surface area contributed by atoms with Crippen LogP contribution in [0.5, 0.6) is 0 Å². The molecule has 0 fully saturated rings. The van der Waals surface area contributed by atoms with E-state index in [1.165, 1.54) is 35.2 Å². The maximum absolute atomic E-state index is 14.2. The third-order valence-corrected chi connectivity index (χ3v) is 5.40. The Hall–Kier alpha value is -2.47. The lowest BCUT2D eigenvalue weighted by molar-refractivity contribution is -0.141. The highest BCUT2D eigenvalue weighted by Crippen LogP contribution is 2.22. The summed E-state index contributed by atoms with van der Waals surface area (Å²) in [6.07, 6.45) is 0.846. The molecule has 1 N–H and O–H groups in total. The summed E-state index contributed by atoms with van der Waals surface area (Å²) in [5.41, 5.74) is 0.754. The van der Waals surface area contributed by atoms with Crippen LogP contribution in [0.4, 0.5) is 8.78 Å². The van der Waals surface area contributed by atoms with Gasteiger partial charge in [-0.15, -0.1) is 0 Å². The summed E-state index contributed by atoms with van der Waals surface area (Å²) in [5, 5.41) is 3.06. The average Bonchev–Trinajstić information content (AvgIpc) is 2.71. The summed E-state index contributed by atoms with van der Waals surface area (Å²) in [7, 11) is 0. The Kier molecular flexibility index (Phi) is 8.78. The maximum atomic E-state index is 14.2. The van der Waals surface area contributed by atoms with Gasteiger partial charge < -0.3 is 10.2 Å². The Labute approximate surface area is 181 Å². The van der Waals surface area contributed by atoms with Gasteiger partial charge in [0.15, 0.2) is 0 Å². The van der Waals surface area contributed by atoms with Crippen LogP contribution in [0.3, 0.4) is 0 Å². The number of hydrogen-bond acceptors (Lipinski definition) is 2. The lowest BCUT2D eigenvalue weighted by Crippen LogP contribution is -2.51. The van der Waals surface area contributed by atoms with Crippen LogP contribution in [0, 0.1) is 11.6 Å². The lowest BCUT2D eigenvalue weighted by atomic mass is 10.1. The molecular weight excluding hydrogens is 410 g/mol. The third kappa shape index (κ3) is 6.26. The fourth-order valence-corrected chi connectivity index (χ4v) is 3.33. The van der Waals surface area contributed by atoms with Crippen molar-refractivity contribution < 1.29 is 18.4 Å². The van der Waals surface area contributed by atoms with Gasteiger partial charge in [0.25, 0.3) is 0 Å². The summed E-state index contributed by atoms with van der Waals surface area (Å²) in [4.78, 5) is 27.5. The number of benzene rings is 2. The molecule has 0 saturated heterocycles. The fourth-order valence-electron chi connectivity index (χ4n) is 3.10. The zero-order valence-corrected chi connectivity index (χ0v) is 18.2. The van der Waals surface area contributed by atoms with E-state index in [4.69, 9.17) is 11.6 Å². The van der Waals surface area contributed by atoms with Gasteiger partial charge in [0.05, 0.1) is 6.42 Å². The summed E-state index contributed by atoms with van der Waals surface area (Å²) in [6, 6.07) is 9.15. The number of nitrogens with one attached hydrogen (secondary N) is 1. The van der Waals surface area contributed by atoms with E-state index in [1.807, 2.05) is 20.8 Å². The van der Waals surface area contributed by atoms with Crippen LogP contribution in [-0.2, 0) is 22.6 Å². The van der Waals surface area contributed by atoms with Gasteiger partial charge in [-0.25, -0.2) is 8.78 Å². The standard InChI is InChI=1S/C23H27ClF2N2O2/c1-4-15(3)27-23(30)21(5-2)28(14-16-9-11-17(25)12-10-16)22(29)13-18-19(24)7-6-8-20(18)26/h6-12,15,21H,4-5,13-14H2,1-3H3,(H,27,30)/t15-,21-/m0/s1. The molecule has 0 heterocycles. The van der Waals surface area contributed by atoms with Gasteiger partial charge in [-0.2, -0.15) is 0 Å². The molecule has 0 unspecified atom stereocenters. The van der Waals surface area contributed by atoms with Crippen molar-refractivity contribution in [3.63, 3.8) is 0 Å². The second-order valence-corrected chi connectivity index (χ2v) is 7.67. The second-order valence-electron chi connectivity index (χ2n) is 7.27. The summed E-state index contributed by atoms with van der Waals surface area (Å²) in [5.74, 6) is -1.68. The first-order valence-electron chi connectivity index (χ1n) is 10.0. The van der Waals surface area contributed by atoms with Gasteiger partial charge in [0, 0.05) is 23.2 Å². The smallest absolute Gasteiger partial charge is 0.243 e. The molecule has 30 heavy (non-hydrogen) atoms. The van der Waals surface area contributed by atoms with Gasteiger partial charge in [0.1, 0.15) is 17.7 Å². The second kappa shape index (κ2) is 11.1. The summed E-state index contributed by atoms with van der Waals surface area (Å²) >= 11 is 6.09. The van der Waals surface area contributed by atoms with E-state index in [1.54, 1.807) is 12.1 Å². The molecule has 7 heteroatoms. The zero-order valence-electron chi connectivity index (χ0n) is 17.4. The Balaban J connectivity index is 2.34. The molecule has 0 aliphatic heterocycles. The monoisotopic (exact) mass is 436 g/mol. The van der Waals surface area contributed by atoms with E-state index in [2.05, 4.69) is 5.32 Å². The molecule has 162 valence electrons. The minimum absolute atomic E-state index is 0.0460. The number of carbonyl (C=O) groups is 2. The molecule has 0 saturated carbocycles. The minimum Gasteiger partial charge on any atom is -0.352 e. The number of rotatable bonds is 9. The summed E-state index contributed by atoms with van der Waals surface area (Å²) < 4.78 is 27.5. The quantitative estimate of drug-likeness (QED) is 0.608. The maximum Gasteiger partial charge on any atom is 0.243 e. The molecule has 0 radical (unpaired) electrons. The highest BCUT2D eigenvalue weighted by atomic mass is 35.5. The van der Waals surface area contributed by atoms with Crippen LogP contribution in [0.15, 0.2) is 42.5 Å². The first kappa shape index (κ1) is 23.8. The Morgan fingerprint density at radius 2 is 1.73 bits per heavy atom. The zero-order chi connectivity index (χ0) is 22.3. The molecular formula is C23H27ClF2N2O2. The highest BCUT2D eigenvalue weighted by Gasteiger charge is 2.30. The molecule has 2 rings (SSSR count). The van der Waals surface area contributed by atoms with Gasteiger partial charge in [-0.05, 0) is 49.6 Å². The van der Waals surface area contributed by atoms with Crippen molar-refractivity contribution in [3.8, 4) is 0 Å². The van der Waals surface area contributed by atoms with Crippen LogP contribution in [0.1, 0.15) is 44.7 Å². The van der Waals surface area contributed by atoms with Crippen molar-refractivity contribution in [2.24, 2.45) is 0 Å². The normalized spacial score (nSPS) is 12.9. The fraction of sp³-hybridized carbons (Fsp3) is 0.391. The average molecular weight is 437 g/mol. The van der Waals surface area contributed by atoms with Crippen molar-refractivity contribution in [2.45, 2.75) is 58.7 Å². The Bertz CT molecular complexity index is 854. The van der Waals surface area contributed by atoms with Gasteiger partial charge >= 0.3 is 0 Å². The molecule has 2 aromatic rings. The molecule has 0 aliphatic carbocycles. The van der Waals surface area contributed by atoms with Crippen molar-refractivity contribution in [3.05, 3.63) is 70.2 Å². The predicted molar refractivity (Wildman–Crippen MR) is 114 cm³/mol. The molecule has 0 spiro atoms. The molecule has 2 aromatic carbocycles. The van der Waals surface area contributed by atoms with E-state index < -0.39 is 23.6 Å². The Morgan fingerprint density at radius 1 is 1.07 bits per heavy atom.